The minimum Gasteiger partial charge on any atom is -0.315 e. The van der Waals surface area contributed by atoms with Gasteiger partial charge in [0.2, 0.25) is 0 Å². The lowest BCUT2D eigenvalue weighted by atomic mass is 9.92. The largest absolute Gasteiger partial charge is 0.315 e. The summed E-state index contributed by atoms with van der Waals surface area (Å²) in [5.74, 6) is 3.28. The van der Waals surface area contributed by atoms with Gasteiger partial charge in [0.05, 0.1) is 0 Å². The third-order valence-electron chi connectivity index (χ3n) is 4.79. The van der Waals surface area contributed by atoms with Gasteiger partial charge in [0.1, 0.15) is 11.6 Å². The van der Waals surface area contributed by atoms with E-state index in [4.69, 9.17) is 0 Å². The van der Waals surface area contributed by atoms with Crippen molar-refractivity contribution in [3.63, 3.8) is 0 Å². The van der Waals surface area contributed by atoms with Crippen molar-refractivity contribution in [1.29, 1.82) is 0 Å². The molecule has 0 unspecified atom stereocenters. The first-order chi connectivity index (χ1) is 9.24. The van der Waals surface area contributed by atoms with Gasteiger partial charge >= 0.3 is 0 Å². The van der Waals surface area contributed by atoms with Crippen LogP contribution in [0.4, 0.5) is 0 Å². The van der Waals surface area contributed by atoms with E-state index in [2.05, 4.69) is 33.5 Å². The Kier molecular flexibility index (Phi) is 3.87. The van der Waals surface area contributed by atoms with Crippen LogP contribution in [0.2, 0.25) is 0 Å². The fourth-order valence-electron chi connectivity index (χ4n) is 3.45. The normalized spacial score (nSPS) is 21.8. The Balaban J connectivity index is 1.59. The van der Waals surface area contributed by atoms with E-state index in [0.717, 1.165) is 25.3 Å². The lowest BCUT2D eigenvalue weighted by Gasteiger charge is -2.34. The number of hydrogen-bond acceptors (Lipinski definition) is 3. The molecule has 1 fully saturated rings. The summed E-state index contributed by atoms with van der Waals surface area (Å²) in [6, 6.07) is 0.696. The number of nitrogens with zero attached hydrogens (tertiary/aromatic N) is 4. The highest BCUT2D eigenvalue weighted by molar-refractivity contribution is 5.00. The number of rotatable bonds is 3. The second-order valence-electron chi connectivity index (χ2n) is 6.42. The Labute approximate surface area is 116 Å². The van der Waals surface area contributed by atoms with Crippen LogP contribution >= 0.6 is 0 Å². The van der Waals surface area contributed by atoms with Gasteiger partial charge < -0.3 is 9.47 Å². The van der Waals surface area contributed by atoms with Gasteiger partial charge in [-0.25, -0.2) is 0 Å². The smallest absolute Gasteiger partial charge is 0.133 e. The van der Waals surface area contributed by atoms with Crippen molar-refractivity contribution in [2.75, 3.05) is 13.1 Å². The summed E-state index contributed by atoms with van der Waals surface area (Å²) < 4.78 is 2.39. The average molecular weight is 262 g/mol. The van der Waals surface area contributed by atoms with Crippen LogP contribution in [0.1, 0.15) is 51.2 Å². The zero-order valence-corrected chi connectivity index (χ0v) is 12.3. The molecule has 0 spiro atoms. The predicted molar refractivity (Wildman–Crippen MR) is 76.1 cm³/mol. The number of likely N-dealkylation sites (tertiary alicyclic amines) is 1. The van der Waals surface area contributed by atoms with Gasteiger partial charge in [0, 0.05) is 25.4 Å². The first-order valence-corrected chi connectivity index (χ1v) is 7.89. The molecule has 0 radical (unpaired) electrons. The van der Waals surface area contributed by atoms with Gasteiger partial charge in [-0.1, -0.05) is 0 Å². The summed E-state index contributed by atoms with van der Waals surface area (Å²) in [5, 5.41) is 8.81. The van der Waals surface area contributed by atoms with E-state index in [-0.39, 0.29) is 0 Å². The van der Waals surface area contributed by atoms with Crippen molar-refractivity contribution in [2.24, 2.45) is 5.92 Å². The standard InChI is InChI=1S/C15H26N4/c1-12(2)18-9-6-13(7-10-18)11-15-17-16-14-5-3-4-8-19(14)15/h12-13H,3-11H2,1-2H3. The molecule has 1 aromatic heterocycles. The molecular formula is C15H26N4. The van der Waals surface area contributed by atoms with Crippen molar-refractivity contribution in [1.82, 2.24) is 19.7 Å². The SMILES string of the molecule is CC(C)N1CCC(Cc2nnc3n2CCCC3)CC1. The van der Waals surface area contributed by atoms with Gasteiger partial charge in [-0.05, 0) is 58.5 Å². The molecule has 106 valence electrons. The molecule has 3 heterocycles. The van der Waals surface area contributed by atoms with Crippen molar-refractivity contribution in [3.05, 3.63) is 11.6 Å². The average Bonchev–Trinajstić information content (AvgIpc) is 2.83. The molecule has 2 aliphatic rings. The molecule has 3 rings (SSSR count). The van der Waals surface area contributed by atoms with Gasteiger partial charge in [0.25, 0.3) is 0 Å². The third kappa shape index (κ3) is 2.83. The van der Waals surface area contributed by atoms with Crippen molar-refractivity contribution in [3.8, 4) is 0 Å². The molecule has 4 nitrogen and oxygen atoms in total. The molecule has 0 aromatic carbocycles. The maximum Gasteiger partial charge on any atom is 0.133 e. The molecule has 0 bridgehead atoms. The minimum absolute atomic E-state index is 0.696. The second kappa shape index (κ2) is 5.61. The van der Waals surface area contributed by atoms with Crippen LogP contribution < -0.4 is 0 Å². The summed E-state index contributed by atoms with van der Waals surface area (Å²) in [6.45, 7) is 8.25. The second-order valence-corrected chi connectivity index (χ2v) is 6.42. The number of aryl methyl sites for hydroxylation is 1. The van der Waals surface area contributed by atoms with E-state index in [1.807, 2.05) is 0 Å². The van der Waals surface area contributed by atoms with E-state index < -0.39 is 0 Å². The van der Waals surface area contributed by atoms with E-state index in [1.54, 1.807) is 0 Å². The fourth-order valence-corrected chi connectivity index (χ4v) is 3.45. The quantitative estimate of drug-likeness (QED) is 0.838. The summed E-state index contributed by atoms with van der Waals surface area (Å²) in [5.41, 5.74) is 0. The highest BCUT2D eigenvalue weighted by atomic mass is 15.3. The van der Waals surface area contributed by atoms with Crippen LogP contribution in [-0.2, 0) is 19.4 Å². The van der Waals surface area contributed by atoms with Crippen LogP contribution in [0, 0.1) is 5.92 Å². The lowest BCUT2D eigenvalue weighted by Crippen LogP contribution is -2.39. The highest BCUT2D eigenvalue weighted by Crippen LogP contribution is 2.24. The minimum atomic E-state index is 0.696. The van der Waals surface area contributed by atoms with Crippen molar-refractivity contribution < 1.29 is 0 Å². The van der Waals surface area contributed by atoms with Gasteiger partial charge in [0.15, 0.2) is 0 Å². The van der Waals surface area contributed by atoms with Gasteiger partial charge in [-0.15, -0.1) is 10.2 Å². The molecule has 1 saturated heterocycles. The first-order valence-electron chi connectivity index (χ1n) is 7.89. The van der Waals surface area contributed by atoms with E-state index in [9.17, 15) is 0 Å². The number of aromatic nitrogens is 3. The van der Waals surface area contributed by atoms with E-state index >= 15 is 0 Å². The number of hydrogen-bond donors (Lipinski definition) is 0. The zero-order chi connectivity index (χ0) is 13.2. The number of fused-ring (bicyclic) bond motifs is 1. The Morgan fingerprint density at radius 3 is 2.63 bits per heavy atom. The topological polar surface area (TPSA) is 34.0 Å². The van der Waals surface area contributed by atoms with Crippen molar-refractivity contribution >= 4 is 0 Å². The van der Waals surface area contributed by atoms with Crippen molar-refractivity contribution in [2.45, 2.75) is 65.0 Å². The molecule has 4 heteroatoms. The van der Waals surface area contributed by atoms with E-state index in [1.165, 1.54) is 50.4 Å². The lowest BCUT2D eigenvalue weighted by molar-refractivity contribution is 0.148. The third-order valence-corrected chi connectivity index (χ3v) is 4.79. The molecule has 2 aliphatic heterocycles. The van der Waals surface area contributed by atoms with Crippen LogP contribution in [0.3, 0.4) is 0 Å². The monoisotopic (exact) mass is 262 g/mol. The molecule has 0 N–H and O–H groups in total. The van der Waals surface area contributed by atoms with Gasteiger partial charge in [-0.3, -0.25) is 0 Å². The van der Waals surface area contributed by atoms with Crippen LogP contribution in [0.25, 0.3) is 0 Å². The maximum atomic E-state index is 4.45. The molecule has 1 aromatic rings. The summed E-state index contributed by atoms with van der Waals surface area (Å²) in [6.07, 6.45) is 7.48. The Hall–Kier alpha value is -0.900. The Bertz CT molecular complexity index is 416. The predicted octanol–water partition coefficient (Wildman–Crippen LogP) is 2.28. The van der Waals surface area contributed by atoms with E-state index in [0.29, 0.717) is 6.04 Å². The van der Waals surface area contributed by atoms with Crippen LogP contribution in [-0.4, -0.2) is 38.8 Å². The number of piperidine rings is 1. The maximum absolute atomic E-state index is 4.45. The Morgan fingerprint density at radius 1 is 1.11 bits per heavy atom. The van der Waals surface area contributed by atoms with Gasteiger partial charge in [-0.2, -0.15) is 0 Å². The fraction of sp³-hybridized carbons (Fsp3) is 0.867. The highest BCUT2D eigenvalue weighted by Gasteiger charge is 2.24. The molecule has 0 saturated carbocycles. The Morgan fingerprint density at radius 2 is 1.89 bits per heavy atom. The van der Waals surface area contributed by atoms with Crippen LogP contribution in [0.5, 0.6) is 0 Å². The molecule has 19 heavy (non-hydrogen) atoms. The summed E-state index contributed by atoms with van der Waals surface area (Å²) >= 11 is 0. The summed E-state index contributed by atoms with van der Waals surface area (Å²) in [4.78, 5) is 2.59. The molecule has 0 aliphatic carbocycles. The molecular weight excluding hydrogens is 236 g/mol. The first kappa shape index (κ1) is 13.1. The zero-order valence-electron chi connectivity index (χ0n) is 12.3. The summed E-state index contributed by atoms with van der Waals surface area (Å²) in [7, 11) is 0. The van der Waals surface area contributed by atoms with Crippen LogP contribution in [0.15, 0.2) is 0 Å². The molecule has 0 amide bonds. The molecule has 0 atom stereocenters.